The zero-order chi connectivity index (χ0) is 38.7. The molecule has 1 saturated heterocycles. The number of likely N-dealkylation sites (tertiary alicyclic amines) is 1. The number of carbonyl (C=O) groups is 1. The summed E-state index contributed by atoms with van der Waals surface area (Å²) < 4.78 is 46.9. The number of ether oxygens (including phenoxy) is 1. The minimum Gasteiger partial charge on any atom is -0.496 e. The normalized spacial score (nSPS) is 15.9. The molecule has 2 heterocycles. The summed E-state index contributed by atoms with van der Waals surface area (Å²) in [7, 11) is -2.52. The maximum Gasteiger partial charge on any atom is 0.673 e. The summed E-state index contributed by atoms with van der Waals surface area (Å²) in [5.74, 6) is 0.201. The lowest BCUT2D eigenvalue weighted by atomic mass is 9.98. The van der Waals surface area contributed by atoms with E-state index in [1.165, 1.54) is 40.8 Å². The number of nitrogens with zero attached hydrogens (tertiary/aromatic N) is 2. The maximum atomic E-state index is 13.3. The smallest absolute Gasteiger partial charge is 0.496 e. The highest BCUT2D eigenvalue weighted by Gasteiger charge is 2.30. The first-order valence-electron chi connectivity index (χ1n) is 17.9. The van der Waals surface area contributed by atoms with Crippen LogP contribution in [-0.4, -0.2) is 63.9 Å². The minimum atomic E-state index is -6.00. The Bertz CT molecular complexity index is 1910. The number of unbranched alkanes of at least 4 members (excludes halogenated alkanes) is 1. The van der Waals surface area contributed by atoms with Crippen LogP contribution >= 0.6 is 11.6 Å². The van der Waals surface area contributed by atoms with Gasteiger partial charge in [-0.1, -0.05) is 78.3 Å². The van der Waals surface area contributed by atoms with Crippen molar-refractivity contribution in [2.24, 2.45) is 0 Å². The quantitative estimate of drug-likeness (QED) is 0.0391. The Labute approximate surface area is 319 Å². The summed E-state index contributed by atoms with van der Waals surface area (Å²) in [5.41, 5.74) is 14.0. The molecule has 4 N–H and O–H groups in total. The number of pyridine rings is 1. The van der Waals surface area contributed by atoms with Gasteiger partial charge in [0.2, 0.25) is 11.4 Å². The van der Waals surface area contributed by atoms with Gasteiger partial charge in [0.25, 0.3) is 5.91 Å². The summed E-state index contributed by atoms with van der Waals surface area (Å²) in [6.07, 6.45) is 2.94. The lowest BCUT2D eigenvalue weighted by Gasteiger charge is -2.39. The van der Waals surface area contributed by atoms with Crippen molar-refractivity contribution in [2.45, 2.75) is 37.9 Å². The van der Waals surface area contributed by atoms with Crippen LogP contribution < -0.4 is 25.7 Å². The van der Waals surface area contributed by atoms with E-state index in [9.17, 15) is 22.1 Å². The Morgan fingerprint density at radius 2 is 1.37 bits per heavy atom. The summed E-state index contributed by atoms with van der Waals surface area (Å²) in [6, 6.07) is 40.0. The second-order valence-corrected chi connectivity index (χ2v) is 13.5. The maximum absolute atomic E-state index is 13.3. The molecule has 4 aromatic carbocycles. The molecule has 13 heteroatoms. The largest absolute Gasteiger partial charge is 0.673 e. The van der Waals surface area contributed by atoms with Crippen LogP contribution in [0.4, 0.5) is 23.0 Å². The van der Waals surface area contributed by atoms with Crippen molar-refractivity contribution in [3.05, 3.63) is 126 Å². The molecule has 0 saturated carbocycles. The Morgan fingerprint density at radius 3 is 1.89 bits per heavy atom. The van der Waals surface area contributed by atoms with Crippen LogP contribution in [0, 0.1) is 0 Å². The second kappa shape index (κ2) is 18.9. The molecule has 6 rings (SSSR count). The van der Waals surface area contributed by atoms with Crippen molar-refractivity contribution in [3.63, 3.8) is 0 Å². The molecule has 1 fully saturated rings. The van der Waals surface area contributed by atoms with Gasteiger partial charge in [0, 0.05) is 60.9 Å². The number of amides is 1. The number of piperidine rings is 1. The average Bonchev–Trinajstić information content (AvgIpc) is 3.18. The van der Waals surface area contributed by atoms with Gasteiger partial charge in [0.15, 0.2) is 0 Å². The van der Waals surface area contributed by atoms with Gasteiger partial charge in [-0.3, -0.25) is 4.79 Å². The fourth-order valence-corrected chi connectivity index (χ4v) is 6.97. The predicted molar refractivity (Wildman–Crippen MR) is 210 cm³/mol. The number of hydrogen-bond donors (Lipinski definition) is 3. The van der Waals surface area contributed by atoms with Gasteiger partial charge >= 0.3 is 7.25 Å². The zero-order valence-electron chi connectivity index (χ0n) is 30.3. The van der Waals surface area contributed by atoms with E-state index in [-0.39, 0.29) is 18.0 Å². The van der Waals surface area contributed by atoms with E-state index in [4.69, 9.17) is 22.1 Å². The van der Waals surface area contributed by atoms with Gasteiger partial charge in [-0.25, -0.2) is 0 Å². The van der Waals surface area contributed by atoms with E-state index in [0.29, 0.717) is 22.0 Å². The minimum absolute atomic E-state index is 0.0182. The highest BCUT2D eigenvalue weighted by Crippen LogP contribution is 2.31. The summed E-state index contributed by atoms with van der Waals surface area (Å²) in [6.45, 7) is 3.65. The molecule has 0 radical (unpaired) electrons. The average molecular weight is 762 g/mol. The van der Waals surface area contributed by atoms with Crippen LogP contribution in [-0.2, 0) is 6.54 Å². The molecule has 0 spiro atoms. The monoisotopic (exact) mass is 761 g/mol. The van der Waals surface area contributed by atoms with E-state index in [1.807, 2.05) is 7.05 Å². The van der Waals surface area contributed by atoms with Crippen molar-refractivity contribution in [1.29, 1.82) is 0 Å². The van der Waals surface area contributed by atoms with Gasteiger partial charge < -0.3 is 43.3 Å². The third-order valence-corrected chi connectivity index (χ3v) is 9.79. The first-order chi connectivity index (χ1) is 25.9. The van der Waals surface area contributed by atoms with Crippen LogP contribution in [0.3, 0.4) is 0 Å². The van der Waals surface area contributed by atoms with Gasteiger partial charge in [-0.15, -0.1) is 0 Å². The summed E-state index contributed by atoms with van der Waals surface area (Å²) in [5, 5.41) is 6.99. The molecule has 2 unspecified atom stereocenters. The number of likely N-dealkylation sites (N-methyl/N-ethyl adjacent to an activating group) is 1. The summed E-state index contributed by atoms with van der Waals surface area (Å²) >= 11 is 6.23. The van der Waals surface area contributed by atoms with Crippen LogP contribution in [0.5, 0.6) is 5.75 Å². The topological polar surface area (TPSA) is 83.5 Å². The van der Waals surface area contributed by atoms with Crippen LogP contribution in [0.1, 0.15) is 29.6 Å². The van der Waals surface area contributed by atoms with E-state index >= 15 is 0 Å². The molecular weight excluding hydrogens is 717 g/mol. The molecule has 1 amide bonds. The molecule has 2 atom stereocenters. The molecule has 54 heavy (non-hydrogen) atoms. The fourth-order valence-electron chi connectivity index (χ4n) is 6.81. The van der Waals surface area contributed by atoms with Gasteiger partial charge in [-0.05, 0) is 67.9 Å². The van der Waals surface area contributed by atoms with E-state index in [0.717, 1.165) is 45.4 Å². The SMILES string of the molecule is CNC1CN(CCCC[n+]2c(-c3ccccc3)cc(-c3ccccc3)cc2-c2ccccc2)CCC1NC(=O)c1cc(Cl)c(N)cc1OC.F[B-](F)(F)F. The summed E-state index contributed by atoms with van der Waals surface area (Å²) in [4.78, 5) is 15.8. The lowest BCUT2D eigenvalue weighted by Crippen LogP contribution is -2.58. The van der Waals surface area contributed by atoms with Gasteiger partial charge in [0.05, 0.1) is 23.4 Å². The number of aromatic nitrogens is 1. The standard InChI is InChI=1S/C41H44ClN5O2.BF4/c1-44-37-28-46(23-20-36(37)45-41(48)33-26-34(42)35(43)27-40(33)49-2)21-12-13-22-47-38(30-16-8-4-9-17-30)24-32(29-14-6-3-7-15-29)25-39(47)31-18-10-5-11-19-31;2-1(3,4)5/h3-11,14-19,24-27,36-37,44H,12-13,20-23,28H2,1-2H3,(H2-,43,45,48);/q;-1/p+1. The molecule has 1 aromatic heterocycles. The number of hydrogen-bond acceptors (Lipinski definition) is 5. The number of benzene rings is 4. The molecular formula is C41H45BClF4N5O2. The lowest BCUT2D eigenvalue weighted by molar-refractivity contribution is -0.675. The van der Waals surface area contributed by atoms with Crippen LogP contribution in [0.25, 0.3) is 33.6 Å². The predicted octanol–water partition coefficient (Wildman–Crippen LogP) is 8.39. The number of carbonyl (C=O) groups excluding carboxylic acids is 1. The van der Waals surface area contributed by atoms with Crippen molar-refractivity contribution in [2.75, 3.05) is 39.5 Å². The first-order valence-corrected chi connectivity index (χ1v) is 18.3. The third-order valence-electron chi connectivity index (χ3n) is 9.47. The van der Waals surface area contributed by atoms with E-state index < -0.39 is 7.25 Å². The van der Waals surface area contributed by atoms with Crippen LogP contribution in [0.2, 0.25) is 5.02 Å². The molecule has 0 aliphatic carbocycles. The Hall–Kier alpha value is -4.91. The highest BCUT2D eigenvalue weighted by atomic mass is 35.5. The van der Waals surface area contributed by atoms with Crippen molar-refractivity contribution >= 4 is 30.4 Å². The number of halogens is 5. The van der Waals surface area contributed by atoms with Crippen molar-refractivity contribution in [3.8, 4) is 39.4 Å². The number of nitrogens with one attached hydrogen (secondary N) is 2. The number of rotatable bonds is 12. The van der Waals surface area contributed by atoms with Crippen molar-refractivity contribution < 1.29 is 31.4 Å². The Balaban J connectivity index is 0.00000105. The molecule has 284 valence electrons. The number of nitrogen functional groups attached to an aromatic ring is 1. The number of anilines is 1. The second-order valence-electron chi connectivity index (χ2n) is 13.1. The molecule has 1 aliphatic rings. The molecule has 1 aliphatic heterocycles. The molecule has 7 nitrogen and oxygen atoms in total. The van der Waals surface area contributed by atoms with E-state index in [1.54, 1.807) is 12.1 Å². The van der Waals surface area contributed by atoms with Gasteiger partial charge in [-0.2, -0.15) is 4.57 Å². The zero-order valence-corrected chi connectivity index (χ0v) is 31.1. The molecule has 5 aromatic rings. The van der Waals surface area contributed by atoms with Crippen LogP contribution in [0.15, 0.2) is 115 Å². The van der Waals surface area contributed by atoms with E-state index in [2.05, 4.69) is 123 Å². The highest BCUT2D eigenvalue weighted by molar-refractivity contribution is 6.50. The van der Waals surface area contributed by atoms with Crippen molar-refractivity contribution in [1.82, 2.24) is 15.5 Å². The fraction of sp³-hybridized carbons (Fsp3) is 0.268. The Kier molecular flexibility index (Phi) is 14.1. The molecule has 0 bridgehead atoms. The van der Waals surface area contributed by atoms with Gasteiger partial charge in [0.1, 0.15) is 12.3 Å². The first kappa shape index (κ1) is 40.3. The number of methoxy groups -OCH3 is 1. The number of nitrogens with two attached hydrogens (primary N) is 1. The third kappa shape index (κ3) is 11.1. The Morgan fingerprint density at radius 1 is 0.833 bits per heavy atom.